The number of nitrogens with one attached hydrogen (secondary N) is 1. The van der Waals surface area contributed by atoms with Gasteiger partial charge >= 0.3 is 0 Å². The molecule has 0 unspecified atom stereocenters. The van der Waals surface area contributed by atoms with E-state index < -0.39 is 0 Å². The third kappa shape index (κ3) is 4.96. The second-order valence-corrected chi connectivity index (χ2v) is 7.76. The molecule has 5 nitrogen and oxygen atoms in total. The van der Waals surface area contributed by atoms with Crippen LogP contribution >= 0.6 is 23.5 Å². The Morgan fingerprint density at radius 2 is 1.87 bits per heavy atom. The molecule has 0 spiro atoms. The summed E-state index contributed by atoms with van der Waals surface area (Å²) in [4.78, 5) is 17.6. The van der Waals surface area contributed by atoms with Gasteiger partial charge < -0.3 is 10.1 Å². The van der Waals surface area contributed by atoms with E-state index >= 15 is 0 Å². The van der Waals surface area contributed by atoms with Crippen LogP contribution in [0.5, 0.6) is 11.6 Å². The van der Waals surface area contributed by atoms with E-state index in [9.17, 15) is 9.18 Å². The molecule has 0 saturated carbocycles. The lowest BCUT2D eigenvalue weighted by Crippen LogP contribution is -2.14. The summed E-state index contributed by atoms with van der Waals surface area (Å²) < 4.78 is 19.1. The van der Waals surface area contributed by atoms with Crippen LogP contribution in [0.15, 0.2) is 77.8 Å². The number of pyridine rings is 1. The molecule has 3 N–H and O–H groups in total. The Morgan fingerprint density at radius 1 is 1.10 bits per heavy atom. The van der Waals surface area contributed by atoms with Gasteiger partial charge in [-0.05, 0) is 66.0 Å². The molecule has 156 valence electrons. The third-order valence-electron chi connectivity index (χ3n) is 4.55. The van der Waals surface area contributed by atoms with Crippen LogP contribution in [0.25, 0.3) is 10.8 Å². The lowest BCUT2D eigenvalue weighted by Gasteiger charge is -2.13. The number of carbonyl (C=O) groups excluding carboxylic acids is 1. The summed E-state index contributed by atoms with van der Waals surface area (Å²) in [6.07, 6.45) is 1.74. The second-order valence-electron chi connectivity index (χ2n) is 6.68. The van der Waals surface area contributed by atoms with Crippen molar-refractivity contribution in [1.29, 1.82) is 0 Å². The number of anilines is 1. The fraction of sp³-hybridized carbons (Fsp3) is 0.0435. The third-order valence-corrected chi connectivity index (χ3v) is 5.51. The Morgan fingerprint density at radius 3 is 2.61 bits per heavy atom. The molecule has 0 fully saturated rings. The van der Waals surface area contributed by atoms with Gasteiger partial charge in [-0.2, -0.15) is 0 Å². The number of nitrogens with zero attached hydrogens (tertiary/aromatic N) is 1. The predicted octanol–water partition coefficient (Wildman–Crippen LogP) is 5.97. The van der Waals surface area contributed by atoms with Crippen molar-refractivity contribution in [3.05, 3.63) is 89.3 Å². The van der Waals surface area contributed by atoms with Crippen molar-refractivity contribution in [2.75, 3.05) is 5.32 Å². The first-order valence-corrected chi connectivity index (χ1v) is 10.6. The number of aromatic nitrogens is 1. The summed E-state index contributed by atoms with van der Waals surface area (Å²) in [5.41, 5.74) is 1.28. The number of ether oxygens (including phenoxy) is 1. The van der Waals surface area contributed by atoms with E-state index in [-0.39, 0.29) is 18.1 Å². The number of benzene rings is 3. The predicted molar refractivity (Wildman–Crippen MR) is 122 cm³/mol. The Bertz CT molecular complexity index is 1250. The summed E-state index contributed by atoms with van der Waals surface area (Å²) >= 11 is 7.21. The van der Waals surface area contributed by atoms with Crippen LogP contribution < -0.4 is 15.2 Å². The largest absolute Gasteiger partial charge is 0.438 e. The Kier molecular flexibility index (Phi) is 6.36. The van der Waals surface area contributed by atoms with Gasteiger partial charge in [0, 0.05) is 32.6 Å². The van der Waals surface area contributed by atoms with Crippen LogP contribution in [-0.4, -0.2) is 10.9 Å². The minimum Gasteiger partial charge on any atom is -0.438 e. The van der Waals surface area contributed by atoms with Gasteiger partial charge in [0.2, 0.25) is 11.8 Å². The number of halogens is 2. The molecule has 3 aromatic carbocycles. The zero-order valence-electron chi connectivity index (χ0n) is 16.1. The average Bonchev–Trinajstić information content (AvgIpc) is 2.77. The van der Waals surface area contributed by atoms with E-state index in [0.29, 0.717) is 27.7 Å². The highest BCUT2D eigenvalue weighted by Crippen LogP contribution is 2.35. The number of carbonyl (C=O) groups is 1. The van der Waals surface area contributed by atoms with Crippen LogP contribution in [0.4, 0.5) is 10.1 Å². The van der Waals surface area contributed by atoms with Crippen molar-refractivity contribution in [3.8, 4) is 11.6 Å². The Balaban J connectivity index is 1.65. The molecule has 1 aromatic heterocycles. The number of fused-ring (bicyclic) bond motifs is 1. The highest BCUT2D eigenvalue weighted by Gasteiger charge is 2.13. The van der Waals surface area contributed by atoms with Gasteiger partial charge in [-0.25, -0.2) is 9.37 Å². The summed E-state index contributed by atoms with van der Waals surface area (Å²) in [6, 6.07) is 18.2. The molecule has 1 amide bonds. The molecule has 0 aliphatic heterocycles. The fourth-order valence-electron chi connectivity index (χ4n) is 3.11. The van der Waals surface area contributed by atoms with Crippen LogP contribution in [0, 0.1) is 5.82 Å². The first-order valence-electron chi connectivity index (χ1n) is 9.29. The molecule has 0 radical (unpaired) electrons. The van der Waals surface area contributed by atoms with Crippen LogP contribution in [0.2, 0.25) is 5.02 Å². The SMILES string of the molecule is NSc1cc(NC(=O)Cc2ccccc2Cl)cc2c(Oc3ccc(F)cc3)nccc12. The summed E-state index contributed by atoms with van der Waals surface area (Å²) in [6.45, 7) is 0. The molecule has 0 bridgehead atoms. The summed E-state index contributed by atoms with van der Waals surface area (Å²) in [7, 11) is 0. The zero-order chi connectivity index (χ0) is 21.8. The molecule has 0 aliphatic carbocycles. The molecule has 31 heavy (non-hydrogen) atoms. The topological polar surface area (TPSA) is 77.2 Å². The first-order chi connectivity index (χ1) is 15.0. The van der Waals surface area contributed by atoms with Crippen molar-refractivity contribution in [2.45, 2.75) is 11.3 Å². The lowest BCUT2D eigenvalue weighted by molar-refractivity contribution is -0.115. The van der Waals surface area contributed by atoms with Gasteiger partial charge in [-0.15, -0.1) is 0 Å². The quantitative estimate of drug-likeness (QED) is 0.352. The number of nitrogens with two attached hydrogens (primary N) is 1. The molecule has 0 saturated heterocycles. The molecule has 0 aliphatic rings. The average molecular weight is 454 g/mol. The molecular formula is C23H17ClFN3O2S. The standard InChI is InChI=1S/C23H17ClFN3O2S/c24-20-4-2-1-3-14(20)11-22(29)28-16-12-19-18(21(13-16)31-26)9-10-27-23(19)30-17-7-5-15(25)6-8-17/h1-10,12-13H,11,26H2,(H,28,29). The van der Waals surface area contributed by atoms with E-state index in [1.54, 1.807) is 24.4 Å². The summed E-state index contributed by atoms with van der Waals surface area (Å²) in [5, 5.41) is 10.8. The highest BCUT2D eigenvalue weighted by atomic mass is 35.5. The zero-order valence-corrected chi connectivity index (χ0v) is 17.7. The fourth-order valence-corrected chi connectivity index (χ4v) is 3.81. The highest BCUT2D eigenvalue weighted by molar-refractivity contribution is 7.97. The van der Waals surface area contributed by atoms with Gasteiger partial charge in [0.05, 0.1) is 6.42 Å². The first kappa shape index (κ1) is 21.1. The van der Waals surface area contributed by atoms with Gasteiger partial charge in [-0.3, -0.25) is 9.93 Å². The van der Waals surface area contributed by atoms with E-state index in [4.69, 9.17) is 21.5 Å². The number of hydrogen-bond acceptors (Lipinski definition) is 5. The number of amides is 1. The van der Waals surface area contributed by atoms with Crippen molar-refractivity contribution in [2.24, 2.45) is 5.14 Å². The van der Waals surface area contributed by atoms with Crippen LogP contribution in [0.3, 0.4) is 0 Å². The van der Waals surface area contributed by atoms with Gasteiger partial charge in [-0.1, -0.05) is 29.8 Å². The van der Waals surface area contributed by atoms with Crippen LogP contribution in [-0.2, 0) is 11.2 Å². The Labute approximate surface area is 187 Å². The van der Waals surface area contributed by atoms with Crippen LogP contribution in [0.1, 0.15) is 5.56 Å². The molecule has 4 aromatic rings. The van der Waals surface area contributed by atoms with Crippen molar-refractivity contribution < 1.29 is 13.9 Å². The van der Waals surface area contributed by atoms with Crippen molar-refractivity contribution >= 4 is 45.9 Å². The molecule has 1 heterocycles. The van der Waals surface area contributed by atoms with E-state index in [0.717, 1.165) is 27.8 Å². The maximum absolute atomic E-state index is 13.2. The van der Waals surface area contributed by atoms with Crippen molar-refractivity contribution in [1.82, 2.24) is 4.98 Å². The molecule has 8 heteroatoms. The second kappa shape index (κ2) is 9.34. The minimum absolute atomic E-state index is 0.134. The van der Waals surface area contributed by atoms with Gasteiger partial charge in [0.15, 0.2) is 0 Å². The smallest absolute Gasteiger partial charge is 0.228 e. The minimum atomic E-state index is -0.358. The maximum Gasteiger partial charge on any atom is 0.228 e. The van der Waals surface area contributed by atoms with Gasteiger partial charge in [0.25, 0.3) is 0 Å². The summed E-state index contributed by atoms with van der Waals surface area (Å²) in [5.74, 6) is 0.187. The molecule has 0 atom stereocenters. The van der Waals surface area contributed by atoms with Crippen molar-refractivity contribution in [3.63, 3.8) is 0 Å². The molecular weight excluding hydrogens is 437 g/mol. The Hall–Kier alpha value is -3.13. The number of hydrogen-bond donors (Lipinski definition) is 2. The van der Waals surface area contributed by atoms with E-state index in [1.807, 2.05) is 24.3 Å². The lowest BCUT2D eigenvalue weighted by atomic mass is 10.1. The maximum atomic E-state index is 13.2. The monoisotopic (exact) mass is 453 g/mol. The molecule has 4 rings (SSSR count). The van der Waals surface area contributed by atoms with Gasteiger partial charge in [0.1, 0.15) is 11.6 Å². The van der Waals surface area contributed by atoms with E-state index in [2.05, 4.69) is 10.3 Å². The normalized spacial score (nSPS) is 10.8. The van der Waals surface area contributed by atoms with E-state index in [1.165, 1.54) is 24.3 Å². The number of rotatable bonds is 6.